The summed E-state index contributed by atoms with van der Waals surface area (Å²) in [5.41, 5.74) is 5.88. The van der Waals surface area contributed by atoms with Crippen molar-refractivity contribution in [2.45, 2.75) is 96.9 Å². The molecule has 0 saturated carbocycles. The van der Waals surface area contributed by atoms with Crippen molar-refractivity contribution in [1.82, 2.24) is 25.4 Å². The van der Waals surface area contributed by atoms with Crippen molar-refractivity contribution in [3.8, 4) is 11.1 Å². The molecule has 0 spiro atoms. The fourth-order valence-electron chi connectivity index (χ4n) is 6.62. The number of halogens is 2. The average Bonchev–Trinajstić information content (AvgIpc) is 3.55. The number of benzene rings is 2. The van der Waals surface area contributed by atoms with Gasteiger partial charge in [-0.3, -0.25) is 19.2 Å². The van der Waals surface area contributed by atoms with Crippen LogP contribution >= 0.6 is 0 Å². The lowest BCUT2D eigenvalue weighted by Crippen LogP contribution is -2.58. The van der Waals surface area contributed by atoms with E-state index in [1.54, 1.807) is 12.3 Å². The number of unbranched alkanes of at least 4 members (excludes halogenated alkanes) is 2. The number of rotatable bonds is 22. The van der Waals surface area contributed by atoms with E-state index < -0.39 is 71.0 Å². The lowest BCUT2D eigenvalue weighted by molar-refractivity contribution is -0.140. The van der Waals surface area contributed by atoms with Crippen LogP contribution in [0.5, 0.6) is 0 Å². The van der Waals surface area contributed by atoms with Crippen LogP contribution in [-0.2, 0) is 30.5 Å². The SMILES string of the molecule is CCCCC[C@H](NC(C)=O)C(=O)NC[C@@H](NC[C@](N)(C=O)CCN(C(=O)CO)[C@@H](c1cc(-c2cc(F)ccc2F)cn1Cc1ccccc1)C(C)(C)C)C(=O)O. The van der Waals surface area contributed by atoms with Crippen LogP contribution < -0.4 is 21.7 Å². The zero-order chi connectivity index (χ0) is 41.6. The summed E-state index contributed by atoms with van der Waals surface area (Å²) in [6.07, 6.45) is 4.77. The van der Waals surface area contributed by atoms with E-state index >= 15 is 4.39 Å². The molecule has 13 nitrogen and oxygen atoms in total. The summed E-state index contributed by atoms with van der Waals surface area (Å²) < 4.78 is 31.3. The monoisotopic (exact) mass is 782 g/mol. The minimum absolute atomic E-state index is 0.0186. The van der Waals surface area contributed by atoms with Gasteiger partial charge in [0.05, 0.1) is 11.6 Å². The number of carboxylic acids is 1. The molecule has 7 N–H and O–H groups in total. The molecule has 15 heteroatoms. The van der Waals surface area contributed by atoms with E-state index in [9.17, 15) is 38.6 Å². The van der Waals surface area contributed by atoms with Crippen LogP contribution in [0.4, 0.5) is 8.78 Å². The molecular formula is C41H56F2N6O7. The molecule has 0 radical (unpaired) electrons. The lowest BCUT2D eigenvalue weighted by atomic mass is 9.82. The summed E-state index contributed by atoms with van der Waals surface area (Å²) in [4.78, 5) is 64.3. The van der Waals surface area contributed by atoms with Gasteiger partial charge < -0.3 is 46.2 Å². The number of aromatic nitrogens is 1. The summed E-state index contributed by atoms with van der Waals surface area (Å²) in [5, 5.41) is 28.0. The minimum Gasteiger partial charge on any atom is -0.480 e. The number of amides is 3. The van der Waals surface area contributed by atoms with E-state index in [0.717, 1.165) is 36.6 Å². The first-order chi connectivity index (χ1) is 26.4. The number of aliphatic carboxylic acids is 1. The Morgan fingerprint density at radius 1 is 1.02 bits per heavy atom. The summed E-state index contributed by atoms with van der Waals surface area (Å²) in [7, 11) is 0. The Hall–Kier alpha value is -4.99. The Labute approximate surface area is 327 Å². The molecule has 0 aliphatic heterocycles. The Kier molecular flexibility index (Phi) is 16.9. The van der Waals surface area contributed by atoms with Crippen LogP contribution in [0.15, 0.2) is 60.8 Å². The molecule has 2 aromatic carbocycles. The maximum absolute atomic E-state index is 15.1. The molecule has 3 aromatic rings. The Balaban J connectivity index is 1.91. The van der Waals surface area contributed by atoms with Crippen molar-refractivity contribution in [3.05, 3.63) is 83.7 Å². The molecule has 306 valence electrons. The smallest absolute Gasteiger partial charge is 0.322 e. The number of aliphatic hydroxyl groups excluding tert-OH is 1. The van der Waals surface area contributed by atoms with Gasteiger partial charge in [-0.2, -0.15) is 0 Å². The molecule has 0 saturated heterocycles. The minimum atomic E-state index is -1.71. The first kappa shape index (κ1) is 45.4. The van der Waals surface area contributed by atoms with Crippen molar-refractivity contribution in [2.24, 2.45) is 11.1 Å². The van der Waals surface area contributed by atoms with Crippen LogP contribution in [0, 0.1) is 17.0 Å². The molecule has 56 heavy (non-hydrogen) atoms. The Morgan fingerprint density at radius 3 is 2.30 bits per heavy atom. The van der Waals surface area contributed by atoms with Crippen LogP contribution in [0.25, 0.3) is 11.1 Å². The van der Waals surface area contributed by atoms with Crippen molar-refractivity contribution in [3.63, 3.8) is 0 Å². The van der Waals surface area contributed by atoms with Crippen LogP contribution in [0.3, 0.4) is 0 Å². The number of aldehydes is 1. The van der Waals surface area contributed by atoms with Gasteiger partial charge in [-0.25, -0.2) is 8.78 Å². The van der Waals surface area contributed by atoms with E-state index in [0.29, 0.717) is 36.9 Å². The second kappa shape index (κ2) is 20.8. The predicted molar refractivity (Wildman–Crippen MR) is 208 cm³/mol. The third-order valence-electron chi connectivity index (χ3n) is 9.53. The zero-order valence-corrected chi connectivity index (χ0v) is 32.8. The summed E-state index contributed by atoms with van der Waals surface area (Å²) in [6.45, 7) is 7.44. The number of nitrogens with two attached hydrogens (primary N) is 1. The Morgan fingerprint density at radius 2 is 1.71 bits per heavy atom. The van der Waals surface area contributed by atoms with E-state index in [-0.39, 0.29) is 31.6 Å². The van der Waals surface area contributed by atoms with E-state index in [2.05, 4.69) is 16.0 Å². The van der Waals surface area contributed by atoms with Gasteiger partial charge in [0, 0.05) is 56.1 Å². The van der Waals surface area contributed by atoms with Crippen molar-refractivity contribution in [1.29, 1.82) is 0 Å². The highest BCUT2D eigenvalue weighted by atomic mass is 19.1. The third kappa shape index (κ3) is 13.1. The van der Waals surface area contributed by atoms with Gasteiger partial charge in [0.1, 0.15) is 36.6 Å². The van der Waals surface area contributed by atoms with Gasteiger partial charge in [-0.1, -0.05) is 77.3 Å². The quantitative estimate of drug-likeness (QED) is 0.0647. The van der Waals surface area contributed by atoms with Gasteiger partial charge in [-0.15, -0.1) is 0 Å². The van der Waals surface area contributed by atoms with Gasteiger partial charge >= 0.3 is 5.97 Å². The second-order valence-electron chi connectivity index (χ2n) is 15.3. The highest BCUT2D eigenvalue weighted by molar-refractivity contribution is 5.87. The number of carbonyl (C=O) groups is 5. The number of aliphatic hydroxyl groups is 1. The number of nitrogens with one attached hydrogen (secondary N) is 3. The van der Waals surface area contributed by atoms with Crippen molar-refractivity contribution in [2.75, 3.05) is 26.2 Å². The molecule has 0 unspecified atom stereocenters. The molecule has 0 fully saturated rings. The Bertz CT molecular complexity index is 1800. The number of carbonyl (C=O) groups excluding carboxylic acids is 4. The number of nitrogens with zero attached hydrogens (tertiary/aromatic N) is 2. The van der Waals surface area contributed by atoms with Crippen molar-refractivity contribution < 1.29 is 43.0 Å². The molecular weight excluding hydrogens is 726 g/mol. The zero-order valence-electron chi connectivity index (χ0n) is 32.8. The van der Waals surface area contributed by atoms with Gasteiger partial charge in [-0.05, 0) is 48.1 Å². The van der Waals surface area contributed by atoms with E-state index in [4.69, 9.17) is 5.73 Å². The first-order valence-electron chi connectivity index (χ1n) is 18.8. The highest BCUT2D eigenvalue weighted by Gasteiger charge is 2.39. The molecule has 0 aliphatic rings. The van der Waals surface area contributed by atoms with E-state index in [1.165, 1.54) is 11.8 Å². The first-order valence-corrected chi connectivity index (χ1v) is 18.8. The fourth-order valence-corrected chi connectivity index (χ4v) is 6.62. The van der Waals surface area contributed by atoms with Crippen LogP contribution in [-0.4, -0.2) is 93.5 Å². The topological polar surface area (TPSA) is 196 Å². The normalized spacial score (nSPS) is 14.2. The maximum atomic E-state index is 15.1. The molecule has 1 aromatic heterocycles. The highest BCUT2D eigenvalue weighted by Crippen LogP contribution is 2.41. The maximum Gasteiger partial charge on any atom is 0.322 e. The lowest BCUT2D eigenvalue weighted by Gasteiger charge is -2.42. The van der Waals surface area contributed by atoms with Gasteiger partial charge in [0.15, 0.2) is 0 Å². The van der Waals surface area contributed by atoms with Crippen LogP contribution in [0.2, 0.25) is 0 Å². The number of hydrogen-bond donors (Lipinski definition) is 6. The summed E-state index contributed by atoms with van der Waals surface area (Å²) in [6, 6.07) is 11.2. The number of carboxylic acid groups (broad SMARTS) is 1. The van der Waals surface area contributed by atoms with Gasteiger partial charge in [0.2, 0.25) is 17.7 Å². The summed E-state index contributed by atoms with van der Waals surface area (Å²) >= 11 is 0. The molecule has 3 rings (SSSR count). The predicted octanol–water partition coefficient (Wildman–Crippen LogP) is 3.92. The van der Waals surface area contributed by atoms with E-state index in [1.807, 2.05) is 62.6 Å². The molecule has 1 heterocycles. The standard InChI is InChI=1S/C41H56F2N6O7/c1-6-7-9-14-33(47-27(2)52)38(54)45-21-34(39(55)56)46-25-41(44,26-51)17-18-49(36(53)24-50)37(40(3,4)5)35-19-29(31-20-30(42)15-16-32(31)43)23-48(35)22-28-12-10-8-11-13-28/h8,10-13,15-16,19-20,23,26,33-34,37,46,50H,6-7,9,14,17-18,21-22,24-25,44H2,1-5H3,(H,45,54)(H,47,52)(H,55,56)/t33-,34+,37-,41-/m0/s1. The average molecular weight is 783 g/mol. The largest absolute Gasteiger partial charge is 0.480 e. The fraction of sp³-hybridized carbons (Fsp3) is 0.488. The summed E-state index contributed by atoms with van der Waals surface area (Å²) in [5.74, 6) is -4.23. The third-order valence-corrected chi connectivity index (χ3v) is 9.53. The molecule has 4 atom stereocenters. The van der Waals surface area contributed by atoms with Gasteiger partial charge in [0.25, 0.3) is 0 Å². The van der Waals surface area contributed by atoms with Crippen molar-refractivity contribution >= 4 is 30.0 Å². The number of hydrogen-bond acceptors (Lipinski definition) is 8. The second-order valence-corrected chi connectivity index (χ2v) is 15.3. The molecule has 0 aliphatic carbocycles. The molecule has 3 amide bonds. The molecule has 0 bridgehead atoms. The van der Waals surface area contributed by atoms with Crippen LogP contribution in [0.1, 0.15) is 84.0 Å².